The van der Waals surface area contributed by atoms with E-state index in [1.807, 2.05) is 0 Å². The lowest BCUT2D eigenvalue weighted by molar-refractivity contribution is -0.137. The molecule has 0 atom stereocenters. The first-order chi connectivity index (χ1) is 14.2. The molecule has 3 aromatic rings. The smallest absolute Gasteiger partial charge is 0.399 e. The Morgan fingerprint density at radius 1 is 0.833 bits per heavy atom. The van der Waals surface area contributed by atoms with E-state index in [-0.39, 0.29) is 23.6 Å². The van der Waals surface area contributed by atoms with Gasteiger partial charge >= 0.3 is 6.18 Å². The topological polar surface area (TPSA) is 84.2 Å². The van der Waals surface area contributed by atoms with E-state index < -0.39 is 17.6 Å². The molecule has 0 bridgehead atoms. The molecule has 0 aliphatic heterocycles. The second-order valence-corrected chi connectivity index (χ2v) is 6.58. The first-order valence-corrected chi connectivity index (χ1v) is 8.94. The molecule has 154 valence electrons. The highest BCUT2D eigenvalue weighted by Gasteiger charge is 2.30. The van der Waals surface area contributed by atoms with Crippen molar-refractivity contribution in [1.82, 2.24) is 0 Å². The monoisotopic (exact) mass is 413 g/mol. The lowest BCUT2D eigenvalue weighted by Crippen LogP contribution is -2.16. The molecule has 3 rings (SSSR count). The Balaban J connectivity index is 1.66. The van der Waals surface area contributed by atoms with E-state index in [9.17, 15) is 22.8 Å². The van der Waals surface area contributed by atoms with Gasteiger partial charge in [-0.3, -0.25) is 9.59 Å². The average Bonchev–Trinajstić information content (AvgIpc) is 2.69. The Morgan fingerprint density at radius 3 is 2.13 bits per heavy atom. The van der Waals surface area contributed by atoms with Gasteiger partial charge in [0.25, 0.3) is 5.91 Å². The summed E-state index contributed by atoms with van der Waals surface area (Å²) in [5, 5.41) is 5.13. The highest BCUT2D eigenvalue weighted by molar-refractivity contribution is 6.05. The van der Waals surface area contributed by atoms with Gasteiger partial charge in [0.2, 0.25) is 5.91 Å². The normalized spacial score (nSPS) is 11.0. The number of benzene rings is 3. The zero-order chi connectivity index (χ0) is 21.7. The number of alkyl halides is 3. The maximum absolute atomic E-state index is 12.8. The van der Waals surface area contributed by atoms with Gasteiger partial charge in [-0.1, -0.05) is 24.3 Å². The predicted octanol–water partition coefficient (Wildman–Crippen LogP) is 4.72. The number of halogens is 3. The third-order valence-corrected chi connectivity index (χ3v) is 4.20. The molecule has 3 aromatic carbocycles. The molecule has 8 heteroatoms. The number of anilines is 3. The Hall–Kier alpha value is -3.81. The van der Waals surface area contributed by atoms with Gasteiger partial charge < -0.3 is 16.4 Å². The summed E-state index contributed by atoms with van der Waals surface area (Å²) in [5.41, 5.74) is 6.74. The van der Waals surface area contributed by atoms with Gasteiger partial charge in [-0.15, -0.1) is 0 Å². The summed E-state index contributed by atoms with van der Waals surface area (Å²) in [4.78, 5) is 24.6. The number of carbonyl (C=O) groups excluding carboxylic acids is 2. The van der Waals surface area contributed by atoms with Crippen molar-refractivity contribution in [2.45, 2.75) is 12.6 Å². The summed E-state index contributed by atoms with van der Waals surface area (Å²) in [7, 11) is 0. The van der Waals surface area contributed by atoms with E-state index in [4.69, 9.17) is 5.73 Å². The third-order valence-electron chi connectivity index (χ3n) is 4.20. The number of nitrogens with two attached hydrogens (primary N) is 1. The van der Waals surface area contributed by atoms with Crippen LogP contribution in [0.4, 0.5) is 30.2 Å². The van der Waals surface area contributed by atoms with Crippen LogP contribution in [-0.2, 0) is 17.4 Å². The van der Waals surface area contributed by atoms with Gasteiger partial charge in [-0.2, -0.15) is 13.2 Å². The molecule has 0 heterocycles. The summed E-state index contributed by atoms with van der Waals surface area (Å²) in [6.07, 6.45) is -4.38. The van der Waals surface area contributed by atoms with Crippen LogP contribution < -0.4 is 16.4 Å². The molecule has 0 saturated heterocycles. The van der Waals surface area contributed by atoms with Gasteiger partial charge in [0, 0.05) is 22.6 Å². The Labute approximate surface area is 170 Å². The minimum Gasteiger partial charge on any atom is -0.399 e. The number of nitrogen functional groups attached to an aromatic ring is 1. The predicted molar refractivity (Wildman–Crippen MR) is 109 cm³/mol. The zero-order valence-corrected chi connectivity index (χ0v) is 15.7. The molecule has 0 aliphatic rings. The highest BCUT2D eigenvalue weighted by atomic mass is 19.4. The second kappa shape index (κ2) is 8.69. The van der Waals surface area contributed by atoms with Gasteiger partial charge in [0.15, 0.2) is 0 Å². The fourth-order valence-electron chi connectivity index (χ4n) is 2.74. The number of hydrogen-bond donors (Lipinski definition) is 3. The second-order valence-electron chi connectivity index (χ2n) is 6.58. The summed E-state index contributed by atoms with van der Waals surface area (Å²) in [5.74, 6) is -0.876. The summed E-state index contributed by atoms with van der Waals surface area (Å²) >= 11 is 0. The molecule has 4 N–H and O–H groups in total. The lowest BCUT2D eigenvalue weighted by Gasteiger charge is -2.11. The number of carbonyl (C=O) groups is 2. The summed E-state index contributed by atoms with van der Waals surface area (Å²) in [6.45, 7) is 0. The first-order valence-electron chi connectivity index (χ1n) is 8.94. The largest absolute Gasteiger partial charge is 0.416 e. The van der Waals surface area contributed by atoms with Crippen LogP contribution in [0.3, 0.4) is 0 Å². The van der Waals surface area contributed by atoms with E-state index in [0.717, 1.165) is 17.7 Å². The molecule has 0 aromatic heterocycles. The van der Waals surface area contributed by atoms with E-state index in [2.05, 4.69) is 10.6 Å². The van der Waals surface area contributed by atoms with Crippen LogP contribution in [0.2, 0.25) is 0 Å². The fourth-order valence-corrected chi connectivity index (χ4v) is 2.74. The van der Waals surface area contributed by atoms with E-state index >= 15 is 0 Å². The van der Waals surface area contributed by atoms with Gasteiger partial charge in [0.1, 0.15) is 0 Å². The number of rotatable bonds is 5. The first kappa shape index (κ1) is 20.9. The minimum atomic E-state index is -4.50. The van der Waals surface area contributed by atoms with Crippen LogP contribution >= 0.6 is 0 Å². The van der Waals surface area contributed by atoms with Crippen LogP contribution in [-0.4, -0.2) is 11.8 Å². The van der Waals surface area contributed by atoms with E-state index in [1.54, 1.807) is 36.4 Å². The van der Waals surface area contributed by atoms with Crippen LogP contribution in [0.1, 0.15) is 21.5 Å². The van der Waals surface area contributed by atoms with E-state index in [1.165, 1.54) is 24.3 Å². The lowest BCUT2D eigenvalue weighted by atomic mass is 10.1. The van der Waals surface area contributed by atoms with Crippen molar-refractivity contribution in [2.75, 3.05) is 16.4 Å². The molecule has 0 unspecified atom stereocenters. The van der Waals surface area contributed by atoms with Crippen molar-refractivity contribution in [3.8, 4) is 0 Å². The van der Waals surface area contributed by atoms with Crippen molar-refractivity contribution in [3.63, 3.8) is 0 Å². The molecule has 0 aliphatic carbocycles. The van der Waals surface area contributed by atoms with Crippen molar-refractivity contribution < 1.29 is 22.8 Å². The van der Waals surface area contributed by atoms with Crippen LogP contribution in [0.25, 0.3) is 0 Å². The molecular formula is C22H18F3N3O2. The van der Waals surface area contributed by atoms with Crippen LogP contribution in [0.5, 0.6) is 0 Å². The molecule has 2 amide bonds. The standard InChI is InChI=1S/C22H18F3N3O2/c23-22(24,25)16-4-2-6-19(13-16)28-21(30)15-3-1-5-18(12-15)27-20(29)11-14-7-9-17(26)10-8-14/h1-10,12-13H,11,26H2,(H,27,29)(H,28,30). The van der Waals surface area contributed by atoms with Crippen LogP contribution in [0, 0.1) is 0 Å². The van der Waals surface area contributed by atoms with Crippen molar-refractivity contribution in [3.05, 3.63) is 89.5 Å². The maximum Gasteiger partial charge on any atom is 0.416 e. The van der Waals surface area contributed by atoms with Gasteiger partial charge in [-0.05, 0) is 54.1 Å². The maximum atomic E-state index is 12.8. The Bertz CT molecular complexity index is 1060. The van der Waals surface area contributed by atoms with Crippen molar-refractivity contribution >= 4 is 28.9 Å². The van der Waals surface area contributed by atoms with Crippen molar-refractivity contribution in [1.29, 1.82) is 0 Å². The molecule has 0 fully saturated rings. The Kier molecular flexibility index (Phi) is 6.06. The van der Waals surface area contributed by atoms with Gasteiger partial charge in [-0.25, -0.2) is 0 Å². The van der Waals surface area contributed by atoms with Gasteiger partial charge in [0.05, 0.1) is 12.0 Å². The molecule has 5 nitrogen and oxygen atoms in total. The third kappa shape index (κ3) is 5.60. The minimum absolute atomic E-state index is 0.0209. The number of hydrogen-bond acceptors (Lipinski definition) is 3. The number of amides is 2. The Morgan fingerprint density at radius 2 is 1.47 bits per heavy atom. The SMILES string of the molecule is Nc1ccc(CC(=O)Nc2cccc(C(=O)Nc3cccc(C(F)(F)F)c3)c2)cc1. The fraction of sp³-hybridized carbons (Fsp3) is 0.0909. The molecule has 0 spiro atoms. The molecule has 0 radical (unpaired) electrons. The molecular weight excluding hydrogens is 395 g/mol. The van der Waals surface area contributed by atoms with E-state index in [0.29, 0.717) is 11.4 Å². The average molecular weight is 413 g/mol. The summed E-state index contributed by atoms with van der Waals surface area (Å²) < 4.78 is 38.5. The highest BCUT2D eigenvalue weighted by Crippen LogP contribution is 2.30. The summed E-state index contributed by atoms with van der Waals surface area (Å²) in [6, 6.07) is 17.4. The quantitative estimate of drug-likeness (QED) is 0.529. The zero-order valence-electron chi connectivity index (χ0n) is 15.7. The van der Waals surface area contributed by atoms with Crippen LogP contribution in [0.15, 0.2) is 72.8 Å². The van der Waals surface area contributed by atoms with Crippen molar-refractivity contribution in [2.24, 2.45) is 0 Å². The molecule has 0 saturated carbocycles. The number of nitrogens with one attached hydrogen (secondary N) is 2. The molecule has 30 heavy (non-hydrogen) atoms.